The first-order valence-electron chi connectivity index (χ1n) is 5.96. The molecule has 0 saturated carbocycles. The molecule has 0 aliphatic rings. The Morgan fingerprint density at radius 3 is 2.86 bits per heavy atom. The Balaban J connectivity index is 2.20. The summed E-state index contributed by atoms with van der Waals surface area (Å²) < 4.78 is 40.7. The maximum absolute atomic E-state index is 12.1. The minimum atomic E-state index is -4.74. The van der Waals surface area contributed by atoms with Gasteiger partial charge in [0.2, 0.25) is 5.91 Å². The van der Waals surface area contributed by atoms with Crippen molar-refractivity contribution in [2.24, 2.45) is 11.7 Å². The molecule has 114 valence electrons. The fourth-order valence-corrected chi connectivity index (χ4v) is 2.39. The Morgan fingerprint density at radius 1 is 1.52 bits per heavy atom. The summed E-state index contributed by atoms with van der Waals surface area (Å²) in [4.78, 5) is 15.8. The zero-order chi connectivity index (χ0) is 15.6. The molecule has 5 nitrogen and oxygen atoms in total. The molecular weight excluding hydrogens is 307 g/mol. The molecule has 0 bridgehead atoms. The minimum Gasteiger partial charge on any atom is -0.406 e. The number of halogens is 3. The highest BCUT2D eigenvalue weighted by Crippen LogP contribution is 2.31. The van der Waals surface area contributed by atoms with Crippen LogP contribution in [0, 0.1) is 5.92 Å². The van der Waals surface area contributed by atoms with E-state index in [4.69, 9.17) is 5.73 Å². The number of fused-ring (bicyclic) bond motifs is 1. The summed E-state index contributed by atoms with van der Waals surface area (Å²) in [6.45, 7) is 1.86. The Labute approximate surface area is 121 Å². The molecule has 0 fully saturated rings. The van der Waals surface area contributed by atoms with Crippen LogP contribution < -0.4 is 15.8 Å². The maximum atomic E-state index is 12.1. The fourth-order valence-electron chi connectivity index (χ4n) is 1.49. The first-order valence-corrected chi connectivity index (χ1v) is 6.77. The van der Waals surface area contributed by atoms with E-state index in [1.807, 2.05) is 0 Å². The zero-order valence-electron chi connectivity index (χ0n) is 10.9. The lowest BCUT2D eigenvalue weighted by atomic mass is 10.2. The molecule has 0 saturated heterocycles. The average Bonchev–Trinajstić information content (AvgIpc) is 2.77. The van der Waals surface area contributed by atoms with Crippen LogP contribution in [0.25, 0.3) is 10.2 Å². The van der Waals surface area contributed by atoms with Crippen molar-refractivity contribution in [3.63, 3.8) is 0 Å². The van der Waals surface area contributed by atoms with Crippen LogP contribution in [0.2, 0.25) is 0 Å². The third kappa shape index (κ3) is 4.05. The van der Waals surface area contributed by atoms with Gasteiger partial charge in [-0.3, -0.25) is 4.79 Å². The number of nitrogens with zero attached hydrogens (tertiary/aromatic N) is 1. The van der Waals surface area contributed by atoms with Crippen LogP contribution in [0.1, 0.15) is 6.92 Å². The molecule has 1 unspecified atom stereocenters. The number of benzene rings is 1. The van der Waals surface area contributed by atoms with E-state index in [0.717, 1.165) is 11.3 Å². The number of nitrogens with two attached hydrogens (primary N) is 1. The van der Waals surface area contributed by atoms with Gasteiger partial charge in [-0.1, -0.05) is 18.3 Å². The van der Waals surface area contributed by atoms with Crippen LogP contribution in [0.4, 0.5) is 18.3 Å². The molecule has 0 radical (unpaired) electrons. The third-order valence-electron chi connectivity index (χ3n) is 2.62. The molecule has 2 rings (SSSR count). The SMILES string of the molecule is CC(CN)C(=O)Nc1nc2ccc(OC(F)(F)F)cc2s1. The van der Waals surface area contributed by atoms with Gasteiger partial charge in [-0.2, -0.15) is 0 Å². The number of nitrogens with one attached hydrogen (secondary N) is 1. The second-order valence-electron chi connectivity index (χ2n) is 4.32. The van der Waals surface area contributed by atoms with E-state index in [1.54, 1.807) is 6.92 Å². The first kappa shape index (κ1) is 15.5. The molecule has 1 aromatic heterocycles. The number of aromatic nitrogens is 1. The van der Waals surface area contributed by atoms with Crippen LogP contribution in [0.3, 0.4) is 0 Å². The molecular formula is C12H12F3N3O2S. The van der Waals surface area contributed by atoms with Crippen LogP contribution in [0.5, 0.6) is 5.75 Å². The molecule has 1 heterocycles. The van der Waals surface area contributed by atoms with Gasteiger partial charge in [-0.05, 0) is 12.1 Å². The highest BCUT2D eigenvalue weighted by atomic mass is 32.1. The molecule has 1 aromatic carbocycles. The number of hydrogen-bond donors (Lipinski definition) is 2. The van der Waals surface area contributed by atoms with Crippen LogP contribution in [0.15, 0.2) is 18.2 Å². The Kier molecular flexibility index (Phi) is 4.33. The van der Waals surface area contributed by atoms with Crippen molar-refractivity contribution in [1.82, 2.24) is 4.98 Å². The van der Waals surface area contributed by atoms with Gasteiger partial charge in [0.25, 0.3) is 0 Å². The Bertz CT molecular complexity index is 657. The highest BCUT2D eigenvalue weighted by Gasteiger charge is 2.31. The van der Waals surface area contributed by atoms with Crippen molar-refractivity contribution in [2.75, 3.05) is 11.9 Å². The molecule has 0 aliphatic heterocycles. The number of amides is 1. The number of anilines is 1. The van der Waals surface area contributed by atoms with E-state index >= 15 is 0 Å². The normalized spacial score (nSPS) is 13.2. The smallest absolute Gasteiger partial charge is 0.406 e. The number of carbonyl (C=O) groups excluding carboxylic acids is 1. The van der Waals surface area contributed by atoms with E-state index in [2.05, 4.69) is 15.0 Å². The van der Waals surface area contributed by atoms with Crippen molar-refractivity contribution in [1.29, 1.82) is 0 Å². The van der Waals surface area contributed by atoms with Gasteiger partial charge in [0, 0.05) is 18.5 Å². The lowest BCUT2D eigenvalue weighted by molar-refractivity contribution is -0.274. The number of thiazole rings is 1. The molecule has 1 amide bonds. The van der Waals surface area contributed by atoms with E-state index in [1.165, 1.54) is 18.2 Å². The van der Waals surface area contributed by atoms with E-state index in [9.17, 15) is 18.0 Å². The third-order valence-corrected chi connectivity index (χ3v) is 3.56. The van der Waals surface area contributed by atoms with Gasteiger partial charge < -0.3 is 15.8 Å². The highest BCUT2D eigenvalue weighted by molar-refractivity contribution is 7.22. The fraction of sp³-hybridized carbons (Fsp3) is 0.333. The summed E-state index contributed by atoms with van der Waals surface area (Å²) in [6, 6.07) is 3.79. The molecule has 3 N–H and O–H groups in total. The maximum Gasteiger partial charge on any atom is 0.573 e. The van der Waals surface area contributed by atoms with Gasteiger partial charge in [-0.25, -0.2) is 4.98 Å². The van der Waals surface area contributed by atoms with Gasteiger partial charge in [-0.15, -0.1) is 13.2 Å². The quantitative estimate of drug-likeness (QED) is 0.908. The lowest BCUT2D eigenvalue weighted by Gasteiger charge is -2.07. The van der Waals surface area contributed by atoms with Crippen molar-refractivity contribution >= 4 is 32.6 Å². The summed E-state index contributed by atoms with van der Waals surface area (Å²) in [6.07, 6.45) is -4.74. The van der Waals surface area contributed by atoms with Crippen molar-refractivity contribution in [3.05, 3.63) is 18.2 Å². The number of rotatable bonds is 4. The summed E-state index contributed by atoms with van der Waals surface area (Å²) in [7, 11) is 0. The number of ether oxygens (including phenoxy) is 1. The molecule has 9 heteroatoms. The second kappa shape index (κ2) is 5.86. The van der Waals surface area contributed by atoms with Crippen molar-refractivity contribution < 1.29 is 22.7 Å². The van der Waals surface area contributed by atoms with E-state index in [0.29, 0.717) is 15.3 Å². The molecule has 21 heavy (non-hydrogen) atoms. The van der Waals surface area contributed by atoms with Crippen LogP contribution >= 0.6 is 11.3 Å². The summed E-state index contributed by atoms with van der Waals surface area (Å²) in [5.74, 6) is -0.990. The topological polar surface area (TPSA) is 77.2 Å². The molecule has 2 aromatic rings. The predicted octanol–water partition coefficient (Wildman–Crippen LogP) is 2.73. The minimum absolute atomic E-state index is 0.195. The largest absolute Gasteiger partial charge is 0.573 e. The van der Waals surface area contributed by atoms with Crippen LogP contribution in [-0.2, 0) is 4.79 Å². The summed E-state index contributed by atoms with van der Waals surface area (Å²) in [5, 5.41) is 2.88. The van der Waals surface area contributed by atoms with E-state index < -0.39 is 6.36 Å². The first-order chi connectivity index (χ1) is 9.78. The summed E-state index contributed by atoms with van der Waals surface area (Å²) >= 11 is 1.06. The number of carbonyl (C=O) groups is 1. The summed E-state index contributed by atoms with van der Waals surface area (Å²) in [5.41, 5.74) is 5.86. The van der Waals surface area contributed by atoms with Gasteiger partial charge in [0.05, 0.1) is 10.2 Å². The number of alkyl halides is 3. The number of hydrogen-bond acceptors (Lipinski definition) is 5. The van der Waals surface area contributed by atoms with Gasteiger partial charge in [0.15, 0.2) is 5.13 Å². The monoisotopic (exact) mass is 319 g/mol. The zero-order valence-corrected chi connectivity index (χ0v) is 11.7. The predicted molar refractivity (Wildman–Crippen MR) is 73.2 cm³/mol. The lowest BCUT2D eigenvalue weighted by Crippen LogP contribution is -2.26. The van der Waals surface area contributed by atoms with E-state index in [-0.39, 0.29) is 24.1 Å². The van der Waals surface area contributed by atoms with Crippen LogP contribution in [-0.4, -0.2) is 23.8 Å². The second-order valence-corrected chi connectivity index (χ2v) is 5.35. The Morgan fingerprint density at radius 2 is 2.24 bits per heavy atom. The Hall–Kier alpha value is -1.87. The average molecular weight is 319 g/mol. The van der Waals surface area contributed by atoms with Gasteiger partial charge >= 0.3 is 6.36 Å². The molecule has 1 atom stereocenters. The van der Waals surface area contributed by atoms with Gasteiger partial charge in [0.1, 0.15) is 5.75 Å². The molecule has 0 spiro atoms. The standard InChI is InChI=1S/C12H12F3N3O2S/c1-6(5-16)10(19)18-11-17-8-3-2-7(4-9(8)21-11)20-12(13,14)15/h2-4,6H,5,16H2,1H3,(H,17,18,19). The van der Waals surface area contributed by atoms with Crippen molar-refractivity contribution in [3.8, 4) is 5.75 Å². The van der Waals surface area contributed by atoms with Crippen molar-refractivity contribution in [2.45, 2.75) is 13.3 Å². The molecule has 0 aliphatic carbocycles.